The number of fused-ring (bicyclic) bond motifs is 1. The second kappa shape index (κ2) is 4.96. The molecule has 0 saturated carbocycles. The summed E-state index contributed by atoms with van der Waals surface area (Å²) in [6, 6.07) is 9.48. The van der Waals surface area contributed by atoms with Gasteiger partial charge in [0.25, 0.3) is 0 Å². The Kier molecular flexibility index (Phi) is 3.31. The Morgan fingerprint density at radius 2 is 2.11 bits per heavy atom. The zero-order chi connectivity index (χ0) is 13.4. The molecule has 1 fully saturated rings. The smallest absolute Gasteiger partial charge is 0.0501 e. The Hall–Kier alpha value is -1.36. The molecule has 4 N–H and O–H groups in total. The Labute approximate surface area is 113 Å². The van der Waals surface area contributed by atoms with Crippen LogP contribution in [0.3, 0.4) is 0 Å². The summed E-state index contributed by atoms with van der Waals surface area (Å²) in [5.74, 6) is 0. The quantitative estimate of drug-likeness (QED) is 0.786. The van der Waals surface area contributed by atoms with Crippen LogP contribution in [-0.2, 0) is 7.05 Å². The van der Waals surface area contributed by atoms with E-state index in [0.29, 0.717) is 12.1 Å². The molecular formula is C15H22N4. The minimum Gasteiger partial charge on any atom is -0.348 e. The van der Waals surface area contributed by atoms with Crippen molar-refractivity contribution in [1.29, 1.82) is 0 Å². The minimum absolute atomic E-state index is 0.377. The van der Waals surface area contributed by atoms with E-state index in [-0.39, 0.29) is 0 Å². The lowest BCUT2D eigenvalue weighted by Crippen LogP contribution is -2.32. The van der Waals surface area contributed by atoms with Crippen LogP contribution < -0.4 is 16.6 Å². The molecule has 2 heterocycles. The van der Waals surface area contributed by atoms with Gasteiger partial charge >= 0.3 is 0 Å². The topological polar surface area (TPSA) is 55.0 Å². The number of nitrogens with two attached hydrogens (primary N) is 1. The average molecular weight is 258 g/mol. The molecule has 3 rings (SSSR count). The zero-order valence-corrected chi connectivity index (χ0v) is 11.6. The summed E-state index contributed by atoms with van der Waals surface area (Å²) in [5, 5.41) is 1.36. The average Bonchev–Trinajstić information content (AvgIpc) is 2.96. The minimum atomic E-state index is 0.377. The summed E-state index contributed by atoms with van der Waals surface area (Å²) < 4.78 is 2.28. The van der Waals surface area contributed by atoms with E-state index in [9.17, 15) is 0 Å². The molecule has 0 spiro atoms. The number of nitrogens with zero attached hydrogens (tertiary/aromatic N) is 1. The molecule has 1 saturated heterocycles. The first-order valence-electron chi connectivity index (χ1n) is 6.97. The lowest BCUT2D eigenvalue weighted by Gasteiger charge is -2.10. The first-order chi connectivity index (χ1) is 9.22. The number of rotatable bonds is 3. The van der Waals surface area contributed by atoms with E-state index in [1.165, 1.54) is 22.2 Å². The maximum atomic E-state index is 5.65. The Morgan fingerprint density at radius 1 is 1.32 bits per heavy atom. The first kappa shape index (κ1) is 12.7. The third-order valence-corrected chi connectivity index (χ3v) is 4.29. The third kappa shape index (κ3) is 2.06. The monoisotopic (exact) mass is 258 g/mol. The van der Waals surface area contributed by atoms with Crippen molar-refractivity contribution in [3.05, 3.63) is 35.5 Å². The van der Waals surface area contributed by atoms with E-state index in [1.54, 1.807) is 0 Å². The Morgan fingerprint density at radius 3 is 2.89 bits per heavy atom. The van der Waals surface area contributed by atoms with E-state index in [0.717, 1.165) is 19.4 Å². The van der Waals surface area contributed by atoms with Crippen LogP contribution in [0.4, 0.5) is 0 Å². The van der Waals surface area contributed by atoms with Crippen LogP contribution in [0.25, 0.3) is 10.9 Å². The third-order valence-electron chi connectivity index (χ3n) is 4.29. The summed E-state index contributed by atoms with van der Waals surface area (Å²) in [6.07, 6.45) is 2.12. The van der Waals surface area contributed by atoms with Crippen molar-refractivity contribution in [3.8, 4) is 0 Å². The highest BCUT2D eigenvalue weighted by Crippen LogP contribution is 2.33. The molecule has 4 heteroatoms. The lowest BCUT2D eigenvalue weighted by atomic mass is 9.98. The lowest BCUT2D eigenvalue weighted by molar-refractivity contribution is 0.521. The fraction of sp³-hybridized carbons (Fsp3) is 0.467. The molecule has 0 radical (unpaired) electrons. The molecule has 19 heavy (non-hydrogen) atoms. The van der Waals surface area contributed by atoms with Crippen LogP contribution >= 0.6 is 0 Å². The molecule has 2 unspecified atom stereocenters. The number of hydrogen-bond acceptors (Lipinski definition) is 3. The number of aryl methyl sites for hydroxylation is 1. The largest absolute Gasteiger partial charge is 0.348 e. The summed E-state index contributed by atoms with van der Waals surface area (Å²) in [5.41, 5.74) is 16.5. The van der Waals surface area contributed by atoms with Gasteiger partial charge in [0.05, 0.1) is 6.04 Å². The number of nitrogens with one attached hydrogen (secondary N) is 2. The summed E-state index contributed by atoms with van der Waals surface area (Å²) in [6.45, 7) is 2.94. The number of benzene rings is 1. The maximum Gasteiger partial charge on any atom is 0.0501 e. The molecule has 0 bridgehead atoms. The first-order valence-corrected chi connectivity index (χ1v) is 6.97. The zero-order valence-electron chi connectivity index (χ0n) is 11.6. The molecule has 1 aromatic heterocycles. The molecule has 0 aliphatic carbocycles. The van der Waals surface area contributed by atoms with Gasteiger partial charge in [-0.3, -0.25) is 5.43 Å². The molecular weight excluding hydrogens is 236 g/mol. The van der Waals surface area contributed by atoms with Gasteiger partial charge in [0, 0.05) is 29.7 Å². The van der Waals surface area contributed by atoms with E-state index in [2.05, 4.69) is 53.7 Å². The molecule has 1 aliphatic heterocycles. The molecule has 102 valence electrons. The second-order valence-electron chi connectivity index (χ2n) is 5.43. The van der Waals surface area contributed by atoms with Crippen LogP contribution in [0.5, 0.6) is 0 Å². The maximum absolute atomic E-state index is 5.65. The van der Waals surface area contributed by atoms with Crippen molar-refractivity contribution in [2.75, 3.05) is 6.54 Å². The van der Waals surface area contributed by atoms with Crippen molar-refractivity contribution in [2.45, 2.75) is 31.8 Å². The molecule has 1 aliphatic rings. The van der Waals surface area contributed by atoms with Gasteiger partial charge in [-0.05, 0) is 37.9 Å². The molecule has 4 nitrogen and oxygen atoms in total. The fourth-order valence-electron chi connectivity index (χ4n) is 3.19. The highest BCUT2D eigenvalue weighted by atomic mass is 15.4. The van der Waals surface area contributed by atoms with Gasteiger partial charge in [0.2, 0.25) is 0 Å². The van der Waals surface area contributed by atoms with Crippen molar-refractivity contribution >= 4 is 10.9 Å². The van der Waals surface area contributed by atoms with Gasteiger partial charge < -0.3 is 10.3 Å². The summed E-state index contributed by atoms with van der Waals surface area (Å²) in [7, 11) is 2.14. The highest BCUT2D eigenvalue weighted by Gasteiger charge is 2.28. The van der Waals surface area contributed by atoms with Crippen molar-refractivity contribution in [1.82, 2.24) is 15.4 Å². The number of aromatic nitrogens is 1. The van der Waals surface area contributed by atoms with Crippen LogP contribution in [0.1, 0.15) is 30.1 Å². The van der Waals surface area contributed by atoms with Crippen LogP contribution in [0.2, 0.25) is 0 Å². The SMILES string of the molecule is Cc1c(C2CC(CCN)NN2)c2ccccc2n1C. The molecule has 2 atom stereocenters. The van der Waals surface area contributed by atoms with Crippen LogP contribution in [-0.4, -0.2) is 17.2 Å². The predicted molar refractivity (Wildman–Crippen MR) is 78.7 cm³/mol. The second-order valence-corrected chi connectivity index (χ2v) is 5.43. The highest BCUT2D eigenvalue weighted by molar-refractivity contribution is 5.86. The van der Waals surface area contributed by atoms with Gasteiger partial charge in [0.15, 0.2) is 0 Å². The van der Waals surface area contributed by atoms with Gasteiger partial charge in [-0.1, -0.05) is 18.2 Å². The Balaban J connectivity index is 1.99. The van der Waals surface area contributed by atoms with Gasteiger partial charge in [-0.2, -0.15) is 0 Å². The van der Waals surface area contributed by atoms with Gasteiger partial charge in [0.1, 0.15) is 0 Å². The standard InChI is InChI=1S/C15H22N4/c1-10-15(13-9-11(7-8-16)17-18-13)12-5-3-4-6-14(12)19(10)2/h3-6,11,13,17-18H,7-9,16H2,1-2H3. The van der Waals surface area contributed by atoms with E-state index in [4.69, 9.17) is 5.73 Å². The molecule has 2 aromatic rings. The summed E-state index contributed by atoms with van der Waals surface area (Å²) >= 11 is 0. The molecule has 0 amide bonds. The number of para-hydroxylation sites is 1. The number of hydrazine groups is 1. The van der Waals surface area contributed by atoms with Crippen molar-refractivity contribution in [2.24, 2.45) is 12.8 Å². The molecule has 1 aromatic carbocycles. The van der Waals surface area contributed by atoms with Crippen LogP contribution in [0.15, 0.2) is 24.3 Å². The van der Waals surface area contributed by atoms with Crippen molar-refractivity contribution in [3.63, 3.8) is 0 Å². The van der Waals surface area contributed by atoms with E-state index in [1.807, 2.05) is 0 Å². The predicted octanol–water partition coefficient (Wildman–Crippen LogP) is 1.74. The number of hydrogen-bond donors (Lipinski definition) is 3. The van der Waals surface area contributed by atoms with Crippen LogP contribution in [0, 0.1) is 6.92 Å². The Bertz CT molecular complexity index is 587. The van der Waals surface area contributed by atoms with Crippen molar-refractivity contribution < 1.29 is 0 Å². The fourth-order valence-corrected chi connectivity index (χ4v) is 3.19. The van der Waals surface area contributed by atoms with Gasteiger partial charge in [-0.25, -0.2) is 5.43 Å². The van der Waals surface area contributed by atoms with E-state index < -0.39 is 0 Å². The van der Waals surface area contributed by atoms with Gasteiger partial charge in [-0.15, -0.1) is 0 Å². The summed E-state index contributed by atoms with van der Waals surface area (Å²) in [4.78, 5) is 0. The normalized spacial score (nSPS) is 23.3. The van der Waals surface area contributed by atoms with E-state index >= 15 is 0 Å².